The highest BCUT2D eigenvalue weighted by molar-refractivity contribution is 5.94. The Morgan fingerprint density at radius 1 is 1.27 bits per heavy atom. The van der Waals surface area contributed by atoms with E-state index in [9.17, 15) is 19.7 Å². The van der Waals surface area contributed by atoms with E-state index in [0.717, 1.165) is 19.3 Å². The van der Waals surface area contributed by atoms with Gasteiger partial charge in [0.1, 0.15) is 11.7 Å². The fourth-order valence-corrected chi connectivity index (χ4v) is 3.46. The third-order valence-corrected chi connectivity index (χ3v) is 4.89. The van der Waals surface area contributed by atoms with Crippen molar-refractivity contribution >= 4 is 17.6 Å². The molecule has 142 valence electrons. The number of benzene rings is 1. The van der Waals surface area contributed by atoms with Crippen molar-refractivity contribution in [3.63, 3.8) is 0 Å². The first-order valence-corrected chi connectivity index (χ1v) is 8.89. The second-order valence-corrected chi connectivity index (χ2v) is 7.20. The number of rotatable bonds is 6. The number of hydrogen-bond acceptors (Lipinski definition) is 6. The van der Waals surface area contributed by atoms with E-state index >= 15 is 0 Å². The molecule has 1 saturated carbocycles. The number of para-hydroxylation sites is 1. The van der Waals surface area contributed by atoms with E-state index in [1.54, 1.807) is 0 Å². The van der Waals surface area contributed by atoms with E-state index in [4.69, 9.17) is 9.47 Å². The summed E-state index contributed by atoms with van der Waals surface area (Å²) in [4.78, 5) is 34.5. The van der Waals surface area contributed by atoms with Crippen LogP contribution >= 0.6 is 0 Å². The minimum atomic E-state index is -0.910. The second-order valence-electron chi connectivity index (χ2n) is 7.20. The summed E-state index contributed by atoms with van der Waals surface area (Å²) in [5, 5.41) is 11.0. The van der Waals surface area contributed by atoms with Crippen LogP contribution in [0.25, 0.3) is 0 Å². The summed E-state index contributed by atoms with van der Waals surface area (Å²) >= 11 is 0. The molecule has 7 heteroatoms. The minimum absolute atomic E-state index is 0.184. The first-order valence-electron chi connectivity index (χ1n) is 8.89. The van der Waals surface area contributed by atoms with Crippen molar-refractivity contribution in [1.82, 2.24) is 0 Å². The van der Waals surface area contributed by atoms with Gasteiger partial charge in [0.05, 0.1) is 4.92 Å². The first kappa shape index (κ1) is 19.9. The Kier molecular flexibility index (Phi) is 6.71. The second kappa shape index (κ2) is 8.78. The largest absolute Gasteiger partial charge is 0.460 e. The fraction of sp³-hybridized carbons (Fsp3) is 0.579. The van der Waals surface area contributed by atoms with Crippen LogP contribution in [0.2, 0.25) is 0 Å². The average Bonchev–Trinajstić information content (AvgIpc) is 2.59. The molecule has 1 aliphatic rings. The molecule has 0 spiro atoms. The lowest BCUT2D eigenvalue weighted by atomic mass is 9.75. The van der Waals surface area contributed by atoms with E-state index in [2.05, 4.69) is 20.8 Å². The lowest BCUT2D eigenvalue weighted by Gasteiger charge is -2.36. The van der Waals surface area contributed by atoms with Crippen molar-refractivity contribution in [3.8, 4) is 0 Å². The fourth-order valence-electron chi connectivity index (χ4n) is 3.46. The zero-order valence-electron chi connectivity index (χ0n) is 15.3. The Labute approximate surface area is 152 Å². The molecule has 0 bridgehead atoms. The number of carbonyl (C=O) groups is 2. The molecule has 2 rings (SSSR count). The highest BCUT2D eigenvalue weighted by Crippen LogP contribution is 2.35. The number of hydrogen-bond donors (Lipinski definition) is 0. The van der Waals surface area contributed by atoms with Crippen LogP contribution in [-0.2, 0) is 14.3 Å². The molecule has 7 nitrogen and oxygen atoms in total. The smallest absolute Gasteiger partial charge is 0.345 e. The van der Waals surface area contributed by atoms with Gasteiger partial charge in [-0.05, 0) is 36.7 Å². The van der Waals surface area contributed by atoms with Gasteiger partial charge in [-0.1, -0.05) is 39.3 Å². The molecule has 0 amide bonds. The number of carbonyl (C=O) groups excluding carboxylic acids is 2. The van der Waals surface area contributed by atoms with Crippen LogP contribution in [0.1, 0.15) is 50.4 Å². The number of nitrogens with zero attached hydrogens (tertiary/aromatic N) is 1. The summed E-state index contributed by atoms with van der Waals surface area (Å²) < 4.78 is 10.5. The van der Waals surface area contributed by atoms with Crippen molar-refractivity contribution in [2.75, 3.05) is 6.61 Å². The molecule has 3 atom stereocenters. The predicted octanol–water partition coefficient (Wildman–Crippen LogP) is 3.76. The van der Waals surface area contributed by atoms with Gasteiger partial charge in [-0.3, -0.25) is 10.1 Å². The Morgan fingerprint density at radius 2 is 1.96 bits per heavy atom. The van der Waals surface area contributed by atoms with Gasteiger partial charge in [0.2, 0.25) is 0 Å². The number of esters is 2. The van der Waals surface area contributed by atoms with Crippen molar-refractivity contribution in [2.24, 2.45) is 17.8 Å². The van der Waals surface area contributed by atoms with Crippen molar-refractivity contribution in [3.05, 3.63) is 39.9 Å². The Bertz CT molecular complexity index is 672. The Morgan fingerprint density at radius 3 is 2.62 bits per heavy atom. The number of nitro benzene ring substituents is 1. The monoisotopic (exact) mass is 363 g/mol. The van der Waals surface area contributed by atoms with E-state index in [0.29, 0.717) is 17.8 Å². The Hall–Kier alpha value is -2.44. The molecule has 1 aromatic rings. The van der Waals surface area contributed by atoms with Crippen LogP contribution in [0.4, 0.5) is 5.69 Å². The van der Waals surface area contributed by atoms with E-state index in [1.807, 2.05) is 0 Å². The molecule has 0 saturated heterocycles. The Balaban J connectivity index is 1.94. The van der Waals surface area contributed by atoms with Gasteiger partial charge in [0.25, 0.3) is 5.69 Å². The zero-order chi connectivity index (χ0) is 19.3. The van der Waals surface area contributed by atoms with Crippen molar-refractivity contribution in [2.45, 2.75) is 46.1 Å². The molecular weight excluding hydrogens is 338 g/mol. The van der Waals surface area contributed by atoms with Crippen LogP contribution in [0.15, 0.2) is 24.3 Å². The molecule has 0 heterocycles. The summed E-state index contributed by atoms with van der Waals surface area (Å²) in [5.74, 6) is -0.360. The van der Waals surface area contributed by atoms with Gasteiger partial charge in [-0.15, -0.1) is 0 Å². The molecular formula is C19H25NO6. The van der Waals surface area contributed by atoms with E-state index in [-0.39, 0.29) is 17.4 Å². The van der Waals surface area contributed by atoms with Crippen LogP contribution in [-0.4, -0.2) is 29.6 Å². The van der Waals surface area contributed by atoms with Gasteiger partial charge in [0.15, 0.2) is 6.61 Å². The van der Waals surface area contributed by atoms with Crippen molar-refractivity contribution < 1.29 is 24.0 Å². The molecule has 0 radical (unpaired) electrons. The summed E-state index contributed by atoms with van der Waals surface area (Å²) in [6.07, 6.45) is 2.74. The molecule has 1 fully saturated rings. The van der Waals surface area contributed by atoms with Crippen LogP contribution in [0.3, 0.4) is 0 Å². The van der Waals surface area contributed by atoms with Crippen LogP contribution in [0.5, 0.6) is 0 Å². The van der Waals surface area contributed by atoms with Crippen LogP contribution in [0, 0.1) is 27.9 Å². The number of ether oxygens (including phenoxy) is 2. The van der Waals surface area contributed by atoms with Gasteiger partial charge < -0.3 is 9.47 Å². The summed E-state index contributed by atoms with van der Waals surface area (Å²) in [5.41, 5.74) is -0.538. The lowest BCUT2D eigenvalue weighted by molar-refractivity contribution is -0.385. The summed E-state index contributed by atoms with van der Waals surface area (Å²) in [6, 6.07) is 5.47. The van der Waals surface area contributed by atoms with Gasteiger partial charge >= 0.3 is 11.9 Å². The molecule has 0 N–H and O–H groups in total. The number of nitro groups is 1. The molecule has 0 unspecified atom stereocenters. The van der Waals surface area contributed by atoms with Gasteiger partial charge in [0, 0.05) is 6.07 Å². The first-order chi connectivity index (χ1) is 12.3. The normalized spacial score (nSPS) is 22.7. The standard InChI is InChI=1S/C19H25NO6/c1-12(2)14-9-8-13(3)10-17(14)26-18(21)11-25-19(22)15-6-4-5-7-16(15)20(23)24/h4-7,12-14,17H,8-11H2,1-3H3/t13-,14-,17+/m1/s1. The molecule has 1 aromatic carbocycles. The van der Waals surface area contributed by atoms with E-state index < -0.39 is 23.5 Å². The SMILES string of the molecule is CC(C)[C@H]1CC[C@@H](C)C[C@@H]1OC(=O)COC(=O)c1ccccc1[N+](=O)[O-]. The highest BCUT2D eigenvalue weighted by Gasteiger charge is 2.33. The summed E-state index contributed by atoms with van der Waals surface area (Å²) in [7, 11) is 0. The maximum Gasteiger partial charge on any atom is 0.345 e. The molecule has 0 aromatic heterocycles. The topological polar surface area (TPSA) is 95.7 Å². The quantitative estimate of drug-likeness (QED) is 0.434. The third-order valence-electron chi connectivity index (χ3n) is 4.89. The third kappa shape index (κ3) is 5.03. The van der Waals surface area contributed by atoms with Gasteiger partial charge in [-0.25, -0.2) is 9.59 Å². The predicted molar refractivity (Wildman–Crippen MR) is 94.6 cm³/mol. The highest BCUT2D eigenvalue weighted by atomic mass is 16.6. The molecule has 0 aliphatic heterocycles. The van der Waals surface area contributed by atoms with Crippen molar-refractivity contribution in [1.29, 1.82) is 0 Å². The lowest BCUT2D eigenvalue weighted by Crippen LogP contribution is -2.36. The van der Waals surface area contributed by atoms with Gasteiger partial charge in [-0.2, -0.15) is 0 Å². The van der Waals surface area contributed by atoms with Crippen LogP contribution < -0.4 is 0 Å². The van der Waals surface area contributed by atoms with E-state index in [1.165, 1.54) is 24.3 Å². The zero-order valence-corrected chi connectivity index (χ0v) is 15.3. The maximum atomic E-state index is 12.1. The minimum Gasteiger partial charge on any atom is -0.460 e. The molecule has 1 aliphatic carbocycles. The molecule has 26 heavy (non-hydrogen) atoms. The maximum absolute atomic E-state index is 12.1. The average molecular weight is 363 g/mol. The summed E-state index contributed by atoms with van der Waals surface area (Å²) in [6.45, 7) is 5.79.